The van der Waals surface area contributed by atoms with Crippen molar-refractivity contribution in [2.24, 2.45) is 5.73 Å². The fourth-order valence-electron chi connectivity index (χ4n) is 1.51. The molecule has 0 aromatic heterocycles. The third-order valence-electron chi connectivity index (χ3n) is 2.28. The first-order valence-electron chi connectivity index (χ1n) is 4.34. The number of nitrogens with two attached hydrogens (primary N) is 1. The molecule has 0 saturated carbocycles. The van der Waals surface area contributed by atoms with Gasteiger partial charge in [0.2, 0.25) is 0 Å². The minimum Gasteiger partial charge on any atom is -0.508 e. The number of hydrogen-bond acceptors (Lipinski definition) is 3. The highest BCUT2D eigenvalue weighted by Crippen LogP contribution is 2.33. The predicted molar refractivity (Wildman–Crippen MR) is 56.6 cm³/mol. The van der Waals surface area contributed by atoms with E-state index in [4.69, 9.17) is 22.4 Å². The lowest BCUT2D eigenvalue weighted by atomic mass is 9.98. The van der Waals surface area contributed by atoms with Gasteiger partial charge in [0, 0.05) is 10.6 Å². The van der Waals surface area contributed by atoms with Crippen molar-refractivity contribution in [1.29, 1.82) is 0 Å². The van der Waals surface area contributed by atoms with Crippen LogP contribution < -0.4 is 5.73 Å². The highest BCUT2D eigenvalue weighted by molar-refractivity contribution is 6.32. The fourth-order valence-corrected chi connectivity index (χ4v) is 1.67. The summed E-state index contributed by atoms with van der Waals surface area (Å²) in [6.45, 7) is 3.37. The number of benzene rings is 1. The quantitative estimate of drug-likeness (QED) is 0.703. The highest BCUT2D eigenvalue weighted by Gasteiger charge is 2.16. The van der Waals surface area contributed by atoms with Crippen molar-refractivity contribution < 1.29 is 10.2 Å². The molecule has 4 N–H and O–H groups in total. The first kappa shape index (κ1) is 11.3. The standard InChI is InChI=1S/C10H14ClNO2/c1-5-3-8(14)9(7(12)4-13)6(2)10(5)11/h3,7,13-14H,4,12H2,1-2H3/t7-/m1/s1. The maximum absolute atomic E-state index is 9.65. The van der Waals surface area contributed by atoms with Gasteiger partial charge in [-0.05, 0) is 31.0 Å². The van der Waals surface area contributed by atoms with E-state index in [0.717, 1.165) is 11.1 Å². The molecule has 0 bridgehead atoms. The van der Waals surface area contributed by atoms with E-state index < -0.39 is 6.04 Å². The van der Waals surface area contributed by atoms with Gasteiger partial charge in [0.1, 0.15) is 5.75 Å². The molecular weight excluding hydrogens is 202 g/mol. The summed E-state index contributed by atoms with van der Waals surface area (Å²) in [7, 11) is 0. The number of halogens is 1. The molecule has 1 rings (SSSR count). The molecule has 1 aromatic rings. The largest absolute Gasteiger partial charge is 0.508 e. The summed E-state index contributed by atoms with van der Waals surface area (Å²) >= 11 is 6.01. The van der Waals surface area contributed by atoms with Crippen LogP contribution in [0, 0.1) is 13.8 Å². The van der Waals surface area contributed by atoms with Crippen LogP contribution in [0.1, 0.15) is 22.7 Å². The Hall–Kier alpha value is -0.770. The number of rotatable bonds is 2. The van der Waals surface area contributed by atoms with Crippen molar-refractivity contribution in [2.45, 2.75) is 19.9 Å². The van der Waals surface area contributed by atoms with Gasteiger partial charge in [0.25, 0.3) is 0 Å². The van der Waals surface area contributed by atoms with Gasteiger partial charge >= 0.3 is 0 Å². The number of aryl methyl sites for hydroxylation is 1. The minimum atomic E-state index is -0.590. The molecule has 1 atom stereocenters. The Labute approximate surface area is 88.1 Å². The van der Waals surface area contributed by atoms with E-state index in [-0.39, 0.29) is 12.4 Å². The molecule has 0 spiro atoms. The Morgan fingerprint density at radius 1 is 1.50 bits per heavy atom. The summed E-state index contributed by atoms with van der Waals surface area (Å²) in [5.74, 6) is 0.0888. The van der Waals surface area contributed by atoms with Crippen molar-refractivity contribution in [2.75, 3.05) is 6.61 Å². The van der Waals surface area contributed by atoms with E-state index in [9.17, 15) is 5.11 Å². The smallest absolute Gasteiger partial charge is 0.121 e. The summed E-state index contributed by atoms with van der Waals surface area (Å²) in [5.41, 5.74) is 7.69. The molecule has 0 amide bonds. The van der Waals surface area contributed by atoms with Crippen molar-refractivity contribution in [3.8, 4) is 5.75 Å². The first-order chi connectivity index (χ1) is 6.49. The second kappa shape index (κ2) is 4.17. The monoisotopic (exact) mass is 215 g/mol. The SMILES string of the molecule is Cc1cc(O)c([C@H](N)CO)c(C)c1Cl. The van der Waals surface area contributed by atoms with Crippen LogP contribution in [0.25, 0.3) is 0 Å². The molecule has 0 aliphatic heterocycles. The van der Waals surface area contributed by atoms with Gasteiger partial charge in [-0.2, -0.15) is 0 Å². The Balaban J connectivity index is 3.36. The molecule has 1 aromatic carbocycles. The van der Waals surface area contributed by atoms with Crippen LogP contribution in [0.4, 0.5) is 0 Å². The molecule has 0 radical (unpaired) electrons. The molecule has 0 unspecified atom stereocenters. The normalized spacial score (nSPS) is 12.9. The lowest BCUT2D eigenvalue weighted by Crippen LogP contribution is -2.16. The van der Waals surface area contributed by atoms with E-state index in [1.54, 1.807) is 13.0 Å². The van der Waals surface area contributed by atoms with Crippen LogP contribution in [0.3, 0.4) is 0 Å². The summed E-state index contributed by atoms with van der Waals surface area (Å²) in [6.07, 6.45) is 0. The Morgan fingerprint density at radius 3 is 2.57 bits per heavy atom. The van der Waals surface area contributed by atoms with Crippen LogP contribution >= 0.6 is 11.6 Å². The molecule has 0 fully saturated rings. The van der Waals surface area contributed by atoms with E-state index in [0.29, 0.717) is 10.6 Å². The van der Waals surface area contributed by atoms with Crippen molar-refractivity contribution in [1.82, 2.24) is 0 Å². The number of aliphatic hydroxyl groups is 1. The molecule has 78 valence electrons. The lowest BCUT2D eigenvalue weighted by Gasteiger charge is -2.16. The zero-order valence-corrected chi connectivity index (χ0v) is 8.97. The summed E-state index contributed by atoms with van der Waals surface area (Å²) in [6, 6.07) is 0.966. The Bertz CT molecular complexity index is 352. The molecule has 0 saturated heterocycles. The van der Waals surface area contributed by atoms with Gasteiger partial charge in [-0.15, -0.1) is 0 Å². The summed E-state index contributed by atoms with van der Waals surface area (Å²) in [5, 5.41) is 19.2. The minimum absolute atomic E-state index is 0.0888. The van der Waals surface area contributed by atoms with Crippen LogP contribution in [0.15, 0.2) is 6.07 Å². The van der Waals surface area contributed by atoms with E-state index >= 15 is 0 Å². The van der Waals surface area contributed by atoms with Crippen LogP contribution in [0.2, 0.25) is 5.02 Å². The second-order valence-corrected chi connectivity index (χ2v) is 3.73. The van der Waals surface area contributed by atoms with Gasteiger partial charge in [-0.1, -0.05) is 11.6 Å². The molecule has 4 heteroatoms. The number of aliphatic hydroxyl groups excluding tert-OH is 1. The van der Waals surface area contributed by atoms with E-state index in [1.807, 2.05) is 6.92 Å². The highest BCUT2D eigenvalue weighted by atomic mass is 35.5. The van der Waals surface area contributed by atoms with Gasteiger partial charge in [-0.25, -0.2) is 0 Å². The van der Waals surface area contributed by atoms with Crippen molar-refractivity contribution >= 4 is 11.6 Å². The maximum Gasteiger partial charge on any atom is 0.121 e. The number of phenolic OH excluding ortho intramolecular Hbond substituents is 1. The fraction of sp³-hybridized carbons (Fsp3) is 0.400. The van der Waals surface area contributed by atoms with Crippen molar-refractivity contribution in [3.05, 3.63) is 27.8 Å². The third kappa shape index (κ3) is 1.85. The third-order valence-corrected chi connectivity index (χ3v) is 2.86. The molecule has 0 aliphatic carbocycles. The van der Waals surface area contributed by atoms with E-state index in [2.05, 4.69) is 0 Å². The Morgan fingerprint density at radius 2 is 2.07 bits per heavy atom. The second-order valence-electron chi connectivity index (χ2n) is 3.35. The average molecular weight is 216 g/mol. The maximum atomic E-state index is 9.65. The molecule has 14 heavy (non-hydrogen) atoms. The van der Waals surface area contributed by atoms with Crippen LogP contribution in [-0.2, 0) is 0 Å². The molecule has 0 aliphatic rings. The predicted octanol–water partition coefficient (Wildman–Crippen LogP) is 1.65. The Kier molecular flexibility index (Phi) is 3.37. The van der Waals surface area contributed by atoms with Crippen LogP contribution in [-0.4, -0.2) is 16.8 Å². The van der Waals surface area contributed by atoms with Gasteiger partial charge in [-0.3, -0.25) is 0 Å². The summed E-state index contributed by atoms with van der Waals surface area (Å²) < 4.78 is 0. The summed E-state index contributed by atoms with van der Waals surface area (Å²) in [4.78, 5) is 0. The molecular formula is C10H14ClNO2. The topological polar surface area (TPSA) is 66.5 Å². The molecule has 3 nitrogen and oxygen atoms in total. The first-order valence-corrected chi connectivity index (χ1v) is 4.71. The van der Waals surface area contributed by atoms with Crippen LogP contribution in [0.5, 0.6) is 5.75 Å². The van der Waals surface area contributed by atoms with E-state index in [1.165, 1.54) is 0 Å². The van der Waals surface area contributed by atoms with Crippen molar-refractivity contribution in [3.63, 3.8) is 0 Å². The number of hydrogen-bond donors (Lipinski definition) is 3. The average Bonchev–Trinajstić information content (AvgIpc) is 2.14. The van der Waals surface area contributed by atoms with Gasteiger partial charge in [0.15, 0.2) is 0 Å². The van der Waals surface area contributed by atoms with Gasteiger partial charge in [0.05, 0.1) is 12.6 Å². The molecule has 0 heterocycles. The lowest BCUT2D eigenvalue weighted by molar-refractivity contribution is 0.265. The number of aromatic hydroxyl groups is 1. The number of phenols is 1. The van der Waals surface area contributed by atoms with Gasteiger partial charge < -0.3 is 15.9 Å². The zero-order valence-electron chi connectivity index (χ0n) is 8.21. The zero-order chi connectivity index (χ0) is 10.9.